The third-order valence-electron chi connectivity index (χ3n) is 3.27. The Morgan fingerprint density at radius 2 is 2.16 bits per heavy atom. The lowest BCUT2D eigenvalue weighted by atomic mass is 10.0. The van der Waals surface area contributed by atoms with E-state index in [2.05, 4.69) is 11.9 Å². The van der Waals surface area contributed by atoms with Crippen LogP contribution >= 0.6 is 11.3 Å². The smallest absolute Gasteiger partial charge is 0.177 e. The molecular formula is C15H22N2OS. The molecule has 0 atom stereocenters. The third kappa shape index (κ3) is 3.00. The van der Waals surface area contributed by atoms with E-state index in [9.17, 15) is 4.79 Å². The van der Waals surface area contributed by atoms with Crippen molar-refractivity contribution in [2.24, 2.45) is 5.92 Å². The van der Waals surface area contributed by atoms with Gasteiger partial charge in [-0.1, -0.05) is 26.0 Å². The number of Topliss-reactive ketones (excluding diaryl/α,β-unsaturated/α-hetero) is 1. The van der Waals surface area contributed by atoms with Gasteiger partial charge in [-0.2, -0.15) is 0 Å². The Labute approximate surface area is 118 Å². The van der Waals surface area contributed by atoms with Gasteiger partial charge in [0.1, 0.15) is 0 Å². The van der Waals surface area contributed by atoms with E-state index in [0.717, 1.165) is 27.6 Å². The summed E-state index contributed by atoms with van der Waals surface area (Å²) in [4.78, 5) is 12.9. The highest BCUT2D eigenvalue weighted by molar-refractivity contribution is 7.18. The quantitative estimate of drug-likeness (QED) is 0.610. The van der Waals surface area contributed by atoms with Crippen molar-refractivity contribution in [3.8, 4) is 0 Å². The molecular weight excluding hydrogens is 256 g/mol. The monoisotopic (exact) mass is 278 g/mol. The van der Waals surface area contributed by atoms with Crippen LogP contribution in [0, 0.1) is 5.92 Å². The predicted octanol–water partition coefficient (Wildman–Crippen LogP) is 4.03. The molecule has 3 nitrogen and oxygen atoms in total. The molecule has 0 amide bonds. The Hall–Kier alpha value is -1.29. The number of thiophene rings is 1. The molecule has 19 heavy (non-hydrogen) atoms. The van der Waals surface area contributed by atoms with Crippen molar-refractivity contribution >= 4 is 27.8 Å². The molecule has 1 heterocycles. The summed E-state index contributed by atoms with van der Waals surface area (Å²) in [5.74, 6) is 0.673. The maximum absolute atomic E-state index is 12.2. The first-order valence-corrected chi connectivity index (χ1v) is 7.58. The summed E-state index contributed by atoms with van der Waals surface area (Å²) in [6.07, 6.45) is 2.36. The lowest BCUT2D eigenvalue weighted by Gasteiger charge is -2.06. The van der Waals surface area contributed by atoms with Crippen molar-refractivity contribution < 1.29 is 4.79 Å². The zero-order valence-corrected chi connectivity index (χ0v) is 12.7. The Kier molecular flexibility index (Phi) is 3.99. The lowest BCUT2D eigenvalue weighted by Crippen LogP contribution is -2.08. The van der Waals surface area contributed by atoms with Crippen molar-refractivity contribution in [2.45, 2.75) is 39.5 Å². The number of hydrogen-bond donors (Lipinski definition) is 2. The summed E-state index contributed by atoms with van der Waals surface area (Å²) < 4.78 is 0. The van der Waals surface area contributed by atoms with Gasteiger partial charge in [-0.05, 0) is 25.7 Å². The SMILES string of the molecule is C=C(C)CNc1sc(C(=O)C(C)C)c(N)c1C1CC1. The van der Waals surface area contributed by atoms with Gasteiger partial charge in [0.05, 0.1) is 15.6 Å². The van der Waals surface area contributed by atoms with E-state index in [4.69, 9.17) is 5.73 Å². The molecule has 0 spiro atoms. The number of anilines is 2. The second-order valence-electron chi connectivity index (χ2n) is 5.69. The van der Waals surface area contributed by atoms with Gasteiger partial charge in [0.2, 0.25) is 0 Å². The normalized spacial score (nSPS) is 14.7. The number of rotatable bonds is 6. The van der Waals surface area contributed by atoms with Gasteiger partial charge in [0, 0.05) is 18.0 Å². The van der Waals surface area contributed by atoms with Crippen molar-refractivity contribution in [3.63, 3.8) is 0 Å². The van der Waals surface area contributed by atoms with E-state index in [-0.39, 0.29) is 11.7 Å². The predicted molar refractivity (Wildman–Crippen MR) is 83.2 cm³/mol. The van der Waals surface area contributed by atoms with Gasteiger partial charge in [0.25, 0.3) is 0 Å². The third-order valence-corrected chi connectivity index (χ3v) is 4.46. The average Bonchev–Trinajstić information content (AvgIpc) is 3.10. The van der Waals surface area contributed by atoms with Gasteiger partial charge in [0.15, 0.2) is 5.78 Å². The maximum Gasteiger partial charge on any atom is 0.177 e. The summed E-state index contributed by atoms with van der Waals surface area (Å²) in [5, 5.41) is 4.44. The van der Waals surface area contributed by atoms with Crippen LogP contribution in [0.3, 0.4) is 0 Å². The van der Waals surface area contributed by atoms with Gasteiger partial charge in [-0.3, -0.25) is 4.79 Å². The van der Waals surface area contributed by atoms with Crippen LogP contribution in [0.25, 0.3) is 0 Å². The molecule has 0 unspecified atom stereocenters. The summed E-state index contributed by atoms with van der Waals surface area (Å²) in [6.45, 7) is 10.4. The molecule has 4 heteroatoms. The summed E-state index contributed by atoms with van der Waals surface area (Å²) >= 11 is 1.51. The Morgan fingerprint density at radius 1 is 1.53 bits per heavy atom. The number of nitrogens with one attached hydrogen (secondary N) is 1. The molecule has 1 aliphatic rings. The molecule has 104 valence electrons. The zero-order chi connectivity index (χ0) is 14.2. The summed E-state index contributed by atoms with van der Waals surface area (Å²) in [6, 6.07) is 0. The van der Waals surface area contributed by atoms with Crippen molar-refractivity contribution in [1.29, 1.82) is 0 Å². The van der Waals surface area contributed by atoms with Crippen LogP contribution in [-0.2, 0) is 0 Å². The van der Waals surface area contributed by atoms with E-state index in [1.54, 1.807) is 0 Å². The molecule has 0 radical (unpaired) electrons. The standard InChI is InChI=1S/C15H22N2OS/c1-8(2)7-17-15-11(10-5-6-10)12(16)14(19-15)13(18)9(3)4/h9-10,17H,1,5-7,16H2,2-4H3. The highest BCUT2D eigenvalue weighted by Gasteiger charge is 2.33. The molecule has 1 aliphatic carbocycles. The largest absolute Gasteiger partial charge is 0.397 e. The number of hydrogen-bond acceptors (Lipinski definition) is 4. The fourth-order valence-electron chi connectivity index (χ4n) is 2.04. The van der Waals surface area contributed by atoms with Crippen LogP contribution in [0.15, 0.2) is 12.2 Å². The van der Waals surface area contributed by atoms with Crippen molar-refractivity contribution in [1.82, 2.24) is 0 Å². The summed E-state index contributed by atoms with van der Waals surface area (Å²) in [5.41, 5.74) is 9.16. The molecule has 0 aromatic carbocycles. The Bertz CT molecular complexity index is 512. The average molecular weight is 278 g/mol. The first kappa shape index (κ1) is 14.1. The highest BCUT2D eigenvalue weighted by atomic mass is 32.1. The first-order valence-electron chi connectivity index (χ1n) is 6.76. The molecule has 1 aromatic rings. The molecule has 0 saturated heterocycles. The van der Waals surface area contributed by atoms with Crippen LogP contribution in [0.2, 0.25) is 0 Å². The van der Waals surface area contributed by atoms with E-state index in [1.165, 1.54) is 24.2 Å². The summed E-state index contributed by atoms with van der Waals surface area (Å²) in [7, 11) is 0. The van der Waals surface area contributed by atoms with Crippen LogP contribution in [0.5, 0.6) is 0 Å². The lowest BCUT2D eigenvalue weighted by molar-refractivity contribution is 0.0944. The van der Waals surface area contributed by atoms with E-state index in [0.29, 0.717) is 11.6 Å². The molecule has 1 saturated carbocycles. The maximum atomic E-state index is 12.2. The van der Waals surface area contributed by atoms with Gasteiger partial charge >= 0.3 is 0 Å². The van der Waals surface area contributed by atoms with Crippen molar-refractivity contribution in [3.05, 3.63) is 22.6 Å². The Morgan fingerprint density at radius 3 is 2.63 bits per heavy atom. The van der Waals surface area contributed by atoms with Crippen LogP contribution in [0.1, 0.15) is 54.8 Å². The molecule has 1 aromatic heterocycles. The second kappa shape index (κ2) is 5.37. The van der Waals surface area contributed by atoms with Gasteiger partial charge in [-0.25, -0.2) is 0 Å². The number of ketones is 1. The Balaban J connectivity index is 2.33. The molecule has 1 fully saturated rings. The molecule has 3 N–H and O–H groups in total. The number of nitrogen functional groups attached to an aromatic ring is 1. The second-order valence-corrected chi connectivity index (χ2v) is 6.71. The minimum Gasteiger partial charge on any atom is -0.397 e. The topological polar surface area (TPSA) is 55.1 Å². The molecule has 0 aliphatic heterocycles. The first-order chi connectivity index (χ1) is 8.91. The number of nitrogens with two attached hydrogens (primary N) is 1. The minimum atomic E-state index is -0.0120. The van der Waals surface area contributed by atoms with Crippen LogP contribution in [0.4, 0.5) is 10.7 Å². The van der Waals surface area contributed by atoms with Gasteiger partial charge in [-0.15, -0.1) is 11.3 Å². The van der Waals surface area contributed by atoms with E-state index < -0.39 is 0 Å². The van der Waals surface area contributed by atoms with Crippen LogP contribution < -0.4 is 11.1 Å². The van der Waals surface area contributed by atoms with Gasteiger partial charge < -0.3 is 11.1 Å². The number of carbonyl (C=O) groups is 1. The minimum absolute atomic E-state index is 0.0120. The molecule has 2 rings (SSSR count). The van der Waals surface area contributed by atoms with Crippen molar-refractivity contribution in [2.75, 3.05) is 17.6 Å². The zero-order valence-electron chi connectivity index (χ0n) is 11.9. The van der Waals surface area contributed by atoms with E-state index in [1.807, 2.05) is 20.8 Å². The fourth-order valence-corrected chi connectivity index (χ4v) is 3.33. The fraction of sp³-hybridized carbons (Fsp3) is 0.533. The van der Waals surface area contributed by atoms with Crippen LogP contribution in [-0.4, -0.2) is 12.3 Å². The number of carbonyl (C=O) groups excluding carboxylic acids is 1. The van der Waals surface area contributed by atoms with E-state index >= 15 is 0 Å². The molecule has 0 bridgehead atoms. The highest BCUT2D eigenvalue weighted by Crippen LogP contribution is 2.51.